The molecule has 0 aromatic rings. The molecule has 1 aliphatic heterocycles. The van der Waals surface area contributed by atoms with E-state index in [4.69, 9.17) is 5.11 Å². The molecule has 0 radical (unpaired) electrons. The van der Waals surface area contributed by atoms with Crippen LogP contribution in [0.3, 0.4) is 0 Å². The smallest absolute Gasteiger partial charge is 0.321 e. The number of amides is 3. The summed E-state index contributed by atoms with van der Waals surface area (Å²) in [6.45, 7) is 5.90. The number of hydrogen-bond acceptors (Lipinski definition) is 5. The number of hydrogen-bond donors (Lipinski definition) is 3. The van der Waals surface area contributed by atoms with E-state index in [1.807, 2.05) is 6.92 Å². The Balaban J connectivity index is 1.71. The van der Waals surface area contributed by atoms with Gasteiger partial charge in [-0.15, -0.1) is 0 Å². The highest BCUT2D eigenvalue weighted by Crippen LogP contribution is 2.18. The van der Waals surface area contributed by atoms with Crippen LogP contribution in [-0.4, -0.2) is 78.3 Å². The van der Waals surface area contributed by atoms with Gasteiger partial charge in [0.15, 0.2) is 0 Å². The van der Waals surface area contributed by atoms with Crippen molar-refractivity contribution in [3.8, 4) is 0 Å². The Morgan fingerprint density at radius 3 is 2.45 bits per heavy atom. The molecule has 7 heteroatoms. The fraction of sp³-hybridized carbons (Fsp3) is 0.846. The number of aliphatic hydroxyl groups excluding tert-OH is 1. The largest absolute Gasteiger partial charge is 0.395 e. The van der Waals surface area contributed by atoms with Crippen LogP contribution < -0.4 is 10.6 Å². The molecule has 0 aromatic carbocycles. The molecule has 0 spiro atoms. The Hall–Kier alpha value is -1.18. The monoisotopic (exact) mass is 284 g/mol. The standard InChI is InChI=1S/C13H24N4O3/c1-10(12(19)15-13(20)14-11-2-3-11)17-6-4-16(5-7-17)8-9-18/h10-11,18H,2-9H2,1H3,(H2,14,15,19,20). The highest BCUT2D eigenvalue weighted by atomic mass is 16.3. The molecular formula is C13H24N4O3. The van der Waals surface area contributed by atoms with Crippen molar-refractivity contribution in [2.45, 2.75) is 31.8 Å². The van der Waals surface area contributed by atoms with Gasteiger partial charge in [-0.25, -0.2) is 4.79 Å². The molecule has 7 nitrogen and oxygen atoms in total. The fourth-order valence-corrected chi connectivity index (χ4v) is 2.35. The average molecular weight is 284 g/mol. The molecule has 1 saturated heterocycles. The Morgan fingerprint density at radius 1 is 1.25 bits per heavy atom. The maximum Gasteiger partial charge on any atom is 0.321 e. The topological polar surface area (TPSA) is 84.9 Å². The van der Waals surface area contributed by atoms with E-state index in [2.05, 4.69) is 20.4 Å². The van der Waals surface area contributed by atoms with Crippen molar-refractivity contribution in [1.29, 1.82) is 0 Å². The summed E-state index contributed by atoms with van der Waals surface area (Å²) in [6, 6.07) is -0.445. The Labute approximate surface area is 119 Å². The Morgan fingerprint density at radius 2 is 1.90 bits per heavy atom. The number of piperazine rings is 1. The second kappa shape index (κ2) is 7.01. The molecule has 3 N–H and O–H groups in total. The third kappa shape index (κ3) is 4.43. The zero-order valence-corrected chi connectivity index (χ0v) is 12.0. The van der Waals surface area contributed by atoms with Gasteiger partial charge in [-0.3, -0.25) is 19.9 Å². The minimum absolute atomic E-state index is 0.164. The van der Waals surface area contributed by atoms with Crippen molar-refractivity contribution in [3.05, 3.63) is 0 Å². The number of nitrogens with zero attached hydrogens (tertiary/aromatic N) is 2. The molecule has 1 atom stereocenters. The van der Waals surface area contributed by atoms with Gasteiger partial charge in [0, 0.05) is 38.8 Å². The van der Waals surface area contributed by atoms with E-state index in [0.717, 1.165) is 39.0 Å². The van der Waals surface area contributed by atoms with Gasteiger partial charge in [-0.2, -0.15) is 0 Å². The molecule has 1 saturated carbocycles. The van der Waals surface area contributed by atoms with Gasteiger partial charge in [0.1, 0.15) is 0 Å². The van der Waals surface area contributed by atoms with Crippen molar-refractivity contribution < 1.29 is 14.7 Å². The highest BCUT2D eigenvalue weighted by molar-refractivity contribution is 5.96. The fourth-order valence-electron chi connectivity index (χ4n) is 2.35. The molecule has 0 bridgehead atoms. The van der Waals surface area contributed by atoms with Crippen LogP contribution in [0, 0.1) is 0 Å². The first-order chi connectivity index (χ1) is 9.60. The van der Waals surface area contributed by atoms with E-state index in [1.165, 1.54) is 0 Å². The summed E-state index contributed by atoms with van der Waals surface area (Å²) in [7, 11) is 0. The minimum atomic E-state index is -0.386. The van der Waals surface area contributed by atoms with Crippen molar-refractivity contribution in [1.82, 2.24) is 20.4 Å². The lowest BCUT2D eigenvalue weighted by Gasteiger charge is -2.37. The average Bonchev–Trinajstić information content (AvgIpc) is 3.23. The number of β-amino-alcohol motifs (C(OH)–C–C–N with tert-alkyl or cyclic N) is 1. The van der Waals surface area contributed by atoms with Crippen LogP contribution in [0.4, 0.5) is 4.79 Å². The predicted octanol–water partition coefficient (Wildman–Crippen LogP) is -1.03. The molecule has 2 fully saturated rings. The van der Waals surface area contributed by atoms with Gasteiger partial charge in [0.05, 0.1) is 12.6 Å². The molecule has 3 amide bonds. The summed E-state index contributed by atoms with van der Waals surface area (Å²) in [4.78, 5) is 27.8. The molecule has 0 aromatic heterocycles. The first kappa shape index (κ1) is 15.2. The van der Waals surface area contributed by atoms with Crippen molar-refractivity contribution >= 4 is 11.9 Å². The van der Waals surface area contributed by atoms with Crippen molar-refractivity contribution in [3.63, 3.8) is 0 Å². The molecule has 2 rings (SSSR count). The molecule has 1 aliphatic carbocycles. The number of imide groups is 1. The second-order valence-corrected chi connectivity index (χ2v) is 5.51. The Bertz CT molecular complexity index is 352. The molecule has 20 heavy (non-hydrogen) atoms. The van der Waals surface area contributed by atoms with Gasteiger partial charge in [0.2, 0.25) is 5.91 Å². The van der Waals surface area contributed by atoms with E-state index in [-0.39, 0.29) is 30.6 Å². The number of nitrogens with one attached hydrogen (secondary N) is 2. The van der Waals surface area contributed by atoms with Gasteiger partial charge in [0.25, 0.3) is 0 Å². The van der Waals surface area contributed by atoms with Crippen LogP contribution in [0.2, 0.25) is 0 Å². The Kier molecular flexibility index (Phi) is 5.33. The van der Waals surface area contributed by atoms with E-state index >= 15 is 0 Å². The lowest BCUT2D eigenvalue weighted by molar-refractivity contribution is -0.125. The van der Waals surface area contributed by atoms with Crippen molar-refractivity contribution in [2.75, 3.05) is 39.3 Å². The number of carbonyl (C=O) groups excluding carboxylic acids is 2. The summed E-state index contributed by atoms with van der Waals surface area (Å²) in [5.74, 6) is -0.251. The minimum Gasteiger partial charge on any atom is -0.395 e. The molecule has 1 unspecified atom stereocenters. The van der Waals surface area contributed by atoms with Crippen LogP contribution in [0.25, 0.3) is 0 Å². The number of carbonyl (C=O) groups is 2. The lowest BCUT2D eigenvalue weighted by Crippen LogP contribution is -2.55. The second-order valence-electron chi connectivity index (χ2n) is 5.51. The molecule has 114 valence electrons. The van der Waals surface area contributed by atoms with Crippen LogP contribution in [0.15, 0.2) is 0 Å². The molecule has 1 heterocycles. The maximum atomic E-state index is 12.0. The van der Waals surface area contributed by atoms with E-state index in [0.29, 0.717) is 6.54 Å². The van der Waals surface area contributed by atoms with E-state index < -0.39 is 0 Å². The van der Waals surface area contributed by atoms with Gasteiger partial charge in [-0.05, 0) is 19.8 Å². The third-order valence-electron chi connectivity index (χ3n) is 3.90. The normalized spacial score (nSPS) is 22.3. The SMILES string of the molecule is CC(C(=O)NC(=O)NC1CC1)N1CCN(CCO)CC1. The van der Waals surface area contributed by atoms with Crippen molar-refractivity contribution in [2.24, 2.45) is 0 Å². The van der Waals surface area contributed by atoms with Crippen LogP contribution in [0.1, 0.15) is 19.8 Å². The summed E-state index contributed by atoms with van der Waals surface area (Å²) >= 11 is 0. The van der Waals surface area contributed by atoms with Crippen LogP contribution in [-0.2, 0) is 4.79 Å². The first-order valence-electron chi connectivity index (χ1n) is 7.29. The maximum absolute atomic E-state index is 12.0. The summed E-state index contributed by atoms with van der Waals surface area (Å²) in [5, 5.41) is 14.0. The van der Waals surface area contributed by atoms with E-state index in [9.17, 15) is 9.59 Å². The quantitative estimate of drug-likeness (QED) is 0.601. The third-order valence-corrected chi connectivity index (χ3v) is 3.90. The number of rotatable bonds is 5. The van der Waals surface area contributed by atoms with Crippen LogP contribution >= 0.6 is 0 Å². The number of aliphatic hydroxyl groups is 1. The molecular weight excluding hydrogens is 260 g/mol. The highest BCUT2D eigenvalue weighted by Gasteiger charge is 2.28. The first-order valence-corrected chi connectivity index (χ1v) is 7.29. The van der Waals surface area contributed by atoms with Gasteiger partial charge < -0.3 is 10.4 Å². The summed E-state index contributed by atoms with van der Waals surface area (Å²) < 4.78 is 0. The summed E-state index contributed by atoms with van der Waals surface area (Å²) in [5.41, 5.74) is 0. The van der Waals surface area contributed by atoms with Gasteiger partial charge >= 0.3 is 6.03 Å². The lowest BCUT2D eigenvalue weighted by atomic mass is 10.2. The molecule has 2 aliphatic rings. The van der Waals surface area contributed by atoms with E-state index in [1.54, 1.807) is 0 Å². The zero-order valence-electron chi connectivity index (χ0n) is 12.0. The predicted molar refractivity (Wildman–Crippen MR) is 74.3 cm³/mol. The summed E-state index contributed by atoms with van der Waals surface area (Å²) in [6.07, 6.45) is 2.01. The van der Waals surface area contributed by atoms with Crippen LogP contribution in [0.5, 0.6) is 0 Å². The number of urea groups is 1. The van der Waals surface area contributed by atoms with Gasteiger partial charge in [-0.1, -0.05) is 0 Å². The zero-order chi connectivity index (χ0) is 14.5.